The number of anilines is 1. The second-order valence-corrected chi connectivity index (χ2v) is 6.35. The zero-order valence-electron chi connectivity index (χ0n) is 10.3. The molecule has 0 spiro atoms. The topological polar surface area (TPSA) is 72.2 Å². The number of nitrogens with two attached hydrogens (primary N) is 1. The summed E-state index contributed by atoms with van der Waals surface area (Å²) in [6, 6.07) is 7.15. The summed E-state index contributed by atoms with van der Waals surface area (Å²) in [5.41, 5.74) is 7.00. The van der Waals surface area contributed by atoms with Gasteiger partial charge in [0.05, 0.1) is 5.75 Å². The molecule has 0 fully saturated rings. The highest BCUT2D eigenvalue weighted by molar-refractivity contribution is 7.92. The highest BCUT2D eigenvalue weighted by Gasteiger charge is 2.11. The van der Waals surface area contributed by atoms with Crippen molar-refractivity contribution in [3.63, 3.8) is 0 Å². The molecule has 1 rings (SSSR count). The van der Waals surface area contributed by atoms with Crippen molar-refractivity contribution in [1.82, 2.24) is 0 Å². The lowest BCUT2D eigenvalue weighted by Gasteiger charge is -2.10. The van der Waals surface area contributed by atoms with Gasteiger partial charge in [-0.1, -0.05) is 26.0 Å². The molecule has 0 unspecified atom stereocenters. The molecule has 0 saturated carbocycles. The van der Waals surface area contributed by atoms with E-state index >= 15 is 0 Å². The SMILES string of the molecule is CC(C)CCS(=O)(=O)Nc1cccc(CN)c1. The normalized spacial score (nSPS) is 11.8. The van der Waals surface area contributed by atoms with Crippen molar-refractivity contribution < 1.29 is 8.42 Å². The fourth-order valence-electron chi connectivity index (χ4n) is 1.38. The molecular formula is C12H20N2O2S. The largest absolute Gasteiger partial charge is 0.326 e. The summed E-state index contributed by atoms with van der Waals surface area (Å²) in [5.74, 6) is 0.527. The zero-order valence-corrected chi connectivity index (χ0v) is 11.1. The van der Waals surface area contributed by atoms with Gasteiger partial charge in [0.2, 0.25) is 10.0 Å². The van der Waals surface area contributed by atoms with E-state index < -0.39 is 10.0 Å². The van der Waals surface area contributed by atoms with E-state index in [9.17, 15) is 8.42 Å². The molecule has 0 amide bonds. The molecular weight excluding hydrogens is 236 g/mol. The molecule has 0 saturated heterocycles. The molecule has 0 aliphatic rings. The third-order valence-corrected chi connectivity index (χ3v) is 3.72. The molecule has 1 aromatic rings. The van der Waals surface area contributed by atoms with Crippen molar-refractivity contribution in [3.05, 3.63) is 29.8 Å². The predicted octanol–water partition coefficient (Wildman–Crippen LogP) is 1.93. The summed E-state index contributed by atoms with van der Waals surface area (Å²) in [7, 11) is -3.25. The van der Waals surface area contributed by atoms with Crippen LogP contribution in [0.25, 0.3) is 0 Å². The number of nitrogens with one attached hydrogen (secondary N) is 1. The molecule has 4 nitrogen and oxygen atoms in total. The van der Waals surface area contributed by atoms with Crippen LogP contribution in [-0.4, -0.2) is 14.2 Å². The quantitative estimate of drug-likeness (QED) is 0.817. The minimum atomic E-state index is -3.25. The Morgan fingerprint density at radius 1 is 1.35 bits per heavy atom. The maximum atomic E-state index is 11.8. The average Bonchev–Trinajstić information content (AvgIpc) is 2.26. The van der Waals surface area contributed by atoms with Gasteiger partial charge in [-0.15, -0.1) is 0 Å². The van der Waals surface area contributed by atoms with E-state index in [0.717, 1.165) is 5.56 Å². The Balaban J connectivity index is 2.69. The second-order valence-electron chi connectivity index (χ2n) is 4.51. The highest BCUT2D eigenvalue weighted by Crippen LogP contribution is 2.13. The molecule has 17 heavy (non-hydrogen) atoms. The van der Waals surface area contributed by atoms with E-state index in [1.807, 2.05) is 19.9 Å². The Bertz CT molecular complexity index is 455. The van der Waals surface area contributed by atoms with Crippen LogP contribution in [0.2, 0.25) is 0 Å². The molecule has 96 valence electrons. The van der Waals surface area contributed by atoms with Crippen LogP contribution in [-0.2, 0) is 16.6 Å². The number of hydrogen-bond acceptors (Lipinski definition) is 3. The molecule has 3 N–H and O–H groups in total. The van der Waals surface area contributed by atoms with E-state index in [4.69, 9.17) is 5.73 Å². The molecule has 0 heterocycles. The average molecular weight is 256 g/mol. The predicted molar refractivity (Wildman–Crippen MR) is 71.2 cm³/mol. The number of benzene rings is 1. The van der Waals surface area contributed by atoms with Crippen LogP contribution >= 0.6 is 0 Å². The van der Waals surface area contributed by atoms with Crippen molar-refractivity contribution in [2.24, 2.45) is 11.7 Å². The van der Waals surface area contributed by atoms with Crippen molar-refractivity contribution in [1.29, 1.82) is 0 Å². The van der Waals surface area contributed by atoms with Crippen LogP contribution in [0.3, 0.4) is 0 Å². The lowest BCUT2D eigenvalue weighted by atomic mass is 10.2. The van der Waals surface area contributed by atoms with Gasteiger partial charge in [0.25, 0.3) is 0 Å². The van der Waals surface area contributed by atoms with Crippen LogP contribution in [0.1, 0.15) is 25.8 Å². The Labute approximate surface area is 103 Å². The molecule has 1 aromatic carbocycles. The maximum Gasteiger partial charge on any atom is 0.232 e. The van der Waals surface area contributed by atoms with Crippen LogP contribution < -0.4 is 10.5 Å². The standard InChI is InChI=1S/C12H20N2O2S/c1-10(2)6-7-17(15,16)14-12-5-3-4-11(8-12)9-13/h3-5,8,10,14H,6-7,9,13H2,1-2H3. The summed E-state index contributed by atoms with van der Waals surface area (Å²) in [6.07, 6.45) is 0.659. The van der Waals surface area contributed by atoms with Gasteiger partial charge >= 0.3 is 0 Å². The Morgan fingerprint density at radius 2 is 2.06 bits per heavy atom. The first-order valence-corrected chi connectivity index (χ1v) is 7.37. The molecule has 5 heteroatoms. The number of hydrogen-bond donors (Lipinski definition) is 2. The smallest absolute Gasteiger partial charge is 0.232 e. The first-order valence-electron chi connectivity index (χ1n) is 5.72. The minimum absolute atomic E-state index is 0.150. The third kappa shape index (κ3) is 5.19. The van der Waals surface area contributed by atoms with E-state index in [0.29, 0.717) is 24.6 Å². The van der Waals surface area contributed by atoms with E-state index in [1.165, 1.54) is 0 Å². The summed E-state index contributed by atoms with van der Waals surface area (Å²) >= 11 is 0. The van der Waals surface area contributed by atoms with Crippen molar-refractivity contribution >= 4 is 15.7 Å². The summed E-state index contributed by atoms with van der Waals surface area (Å²) in [5, 5.41) is 0. The Hall–Kier alpha value is -1.07. The second kappa shape index (κ2) is 6.02. The van der Waals surface area contributed by atoms with Crippen LogP contribution in [0.4, 0.5) is 5.69 Å². The van der Waals surface area contributed by atoms with E-state index in [-0.39, 0.29) is 5.75 Å². The van der Waals surface area contributed by atoms with Gasteiger partial charge in [-0.05, 0) is 30.0 Å². The van der Waals surface area contributed by atoms with Crippen LogP contribution in [0.15, 0.2) is 24.3 Å². The summed E-state index contributed by atoms with van der Waals surface area (Å²) < 4.78 is 26.1. The maximum absolute atomic E-state index is 11.8. The molecule has 0 atom stereocenters. The van der Waals surface area contributed by atoms with E-state index in [2.05, 4.69) is 4.72 Å². The monoisotopic (exact) mass is 256 g/mol. The Morgan fingerprint density at radius 3 is 2.65 bits per heavy atom. The van der Waals surface area contributed by atoms with Crippen LogP contribution in [0, 0.1) is 5.92 Å². The molecule has 0 radical (unpaired) electrons. The molecule has 0 aliphatic heterocycles. The summed E-state index contributed by atoms with van der Waals surface area (Å²) in [6.45, 7) is 4.41. The first kappa shape index (κ1) is 14.0. The van der Waals surface area contributed by atoms with Crippen molar-refractivity contribution in [2.45, 2.75) is 26.8 Å². The van der Waals surface area contributed by atoms with Gasteiger partial charge in [0.1, 0.15) is 0 Å². The highest BCUT2D eigenvalue weighted by atomic mass is 32.2. The molecule has 0 bridgehead atoms. The summed E-state index contributed by atoms with van der Waals surface area (Å²) in [4.78, 5) is 0. The van der Waals surface area contributed by atoms with Gasteiger partial charge in [-0.2, -0.15) is 0 Å². The first-order chi connectivity index (χ1) is 7.93. The van der Waals surface area contributed by atoms with Crippen molar-refractivity contribution in [3.8, 4) is 0 Å². The minimum Gasteiger partial charge on any atom is -0.326 e. The molecule has 0 aliphatic carbocycles. The third-order valence-electron chi connectivity index (χ3n) is 2.40. The van der Waals surface area contributed by atoms with Crippen LogP contribution in [0.5, 0.6) is 0 Å². The zero-order chi connectivity index (χ0) is 12.9. The molecule has 0 aromatic heterocycles. The van der Waals surface area contributed by atoms with Gasteiger partial charge in [0, 0.05) is 12.2 Å². The van der Waals surface area contributed by atoms with Crippen molar-refractivity contribution in [2.75, 3.05) is 10.5 Å². The Kier molecular flexibility index (Phi) is 4.96. The van der Waals surface area contributed by atoms with Gasteiger partial charge in [-0.25, -0.2) is 8.42 Å². The fraction of sp³-hybridized carbons (Fsp3) is 0.500. The van der Waals surface area contributed by atoms with E-state index in [1.54, 1.807) is 18.2 Å². The fourth-order valence-corrected chi connectivity index (χ4v) is 2.75. The number of rotatable bonds is 6. The lowest BCUT2D eigenvalue weighted by Crippen LogP contribution is -2.18. The number of sulfonamides is 1. The van der Waals surface area contributed by atoms with Gasteiger partial charge < -0.3 is 5.73 Å². The van der Waals surface area contributed by atoms with Gasteiger partial charge in [-0.3, -0.25) is 4.72 Å². The van der Waals surface area contributed by atoms with Gasteiger partial charge in [0.15, 0.2) is 0 Å². The lowest BCUT2D eigenvalue weighted by molar-refractivity contribution is 0.578.